The first kappa shape index (κ1) is 32.7. The van der Waals surface area contributed by atoms with Gasteiger partial charge in [0.25, 0.3) is 6.43 Å². The van der Waals surface area contributed by atoms with Crippen LogP contribution in [0.25, 0.3) is 10.9 Å². The van der Waals surface area contributed by atoms with E-state index in [0.29, 0.717) is 37.5 Å². The summed E-state index contributed by atoms with van der Waals surface area (Å²) in [6.45, 7) is 10.7. The third-order valence-corrected chi connectivity index (χ3v) is 8.63. The fourth-order valence-corrected chi connectivity index (χ4v) is 6.58. The summed E-state index contributed by atoms with van der Waals surface area (Å²) in [5.74, 6) is 0.291. The summed E-state index contributed by atoms with van der Waals surface area (Å²) in [6.07, 6.45) is 0.892. The van der Waals surface area contributed by atoms with Crippen molar-refractivity contribution in [2.45, 2.75) is 65.1 Å². The summed E-state index contributed by atoms with van der Waals surface area (Å²) >= 11 is 0. The molecule has 0 bridgehead atoms. The second kappa shape index (κ2) is 13.3. The summed E-state index contributed by atoms with van der Waals surface area (Å²) in [7, 11) is 3.00. The Balaban J connectivity index is 1.56. The van der Waals surface area contributed by atoms with Crippen LogP contribution in [-0.2, 0) is 16.0 Å². The minimum absolute atomic E-state index is 0.237. The van der Waals surface area contributed by atoms with Gasteiger partial charge in [0.15, 0.2) is 0 Å². The Kier molecular flexibility index (Phi) is 9.69. The molecule has 2 saturated heterocycles. The molecule has 1 atom stereocenters. The predicted octanol–water partition coefficient (Wildman–Crippen LogP) is 6.25. The molecule has 2 fully saturated rings. The average molecular weight is 627 g/mol. The normalized spacial score (nSPS) is 18.2. The third-order valence-electron chi connectivity index (χ3n) is 8.63. The number of nitrogens with zero attached hydrogens (tertiary/aromatic N) is 4. The van der Waals surface area contributed by atoms with Crippen LogP contribution in [0.15, 0.2) is 36.5 Å². The number of carbonyl (C=O) groups excluding carboxylic acids is 2. The molecule has 2 aliphatic rings. The summed E-state index contributed by atoms with van der Waals surface area (Å²) in [5.41, 5.74) is 4.11. The number of ether oxygens (including phenoxy) is 3. The number of piperazine rings is 1. The van der Waals surface area contributed by atoms with Gasteiger partial charge in [-0.3, -0.25) is 14.4 Å². The molecule has 45 heavy (non-hydrogen) atoms. The summed E-state index contributed by atoms with van der Waals surface area (Å²) in [4.78, 5) is 32.1. The van der Waals surface area contributed by atoms with Crippen LogP contribution in [0.2, 0.25) is 0 Å². The van der Waals surface area contributed by atoms with Crippen LogP contribution in [0.1, 0.15) is 66.7 Å². The SMILES string of the molecule is COC(=O)c1ccc([C@H]2CN(CC(F)F)CCN2Cc2c(OC)cc(C)c3c2ccn3C(=O)OC(C)(C)C)cc1N1CCCC1. The monoisotopic (exact) mass is 626 g/mol. The van der Waals surface area contributed by atoms with Crippen molar-refractivity contribution in [1.82, 2.24) is 14.4 Å². The third kappa shape index (κ3) is 7.09. The van der Waals surface area contributed by atoms with Crippen LogP contribution >= 0.6 is 0 Å². The molecule has 0 unspecified atom stereocenters. The molecule has 2 aromatic carbocycles. The fraction of sp³-hybridized carbons (Fsp3) is 0.529. The van der Waals surface area contributed by atoms with Gasteiger partial charge < -0.3 is 19.1 Å². The molecule has 5 rings (SSSR count). The molecule has 0 N–H and O–H groups in total. The van der Waals surface area contributed by atoms with Crippen molar-refractivity contribution in [3.8, 4) is 5.75 Å². The standard InChI is InChI=1S/C34H44F2N4O5/c1-22-17-29(43-5)26(24-11-14-40(31(22)24)33(42)45-34(2,3)4)19-39-16-15-37(21-30(35)36)20-28(39)23-9-10-25(32(41)44-6)27(18-23)38-12-7-8-13-38/h9-11,14,17-18,28,30H,7-8,12-13,15-16,19-21H2,1-6H3/t28-/m1/s1. The zero-order chi connectivity index (χ0) is 32.5. The Morgan fingerprint density at radius 2 is 1.76 bits per heavy atom. The molecular formula is C34H44F2N4O5. The number of hydrogen-bond donors (Lipinski definition) is 0. The van der Waals surface area contributed by atoms with E-state index < -0.39 is 24.1 Å². The number of hydrogen-bond acceptors (Lipinski definition) is 8. The number of rotatable bonds is 8. The number of aryl methyl sites for hydroxylation is 1. The maximum atomic E-state index is 13.6. The molecule has 2 aliphatic heterocycles. The van der Waals surface area contributed by atoms with E-state index in [-0.39, 0.29) is 12.6 Å². The van der Waals surface area contributed by atoms with Gasteiger partial charge in [0.05, 0.1) is 37.5 Å². The molecule has 3 aromatic rings. The lowest BCUT2D eigenvalue weighted by Crippen LogP contribution is -2.49. The van der Waals surface area contributed by atoms with Crippen LogP contribution in [0, 0.1) is 6.92 Å². The van der Waals surface area contributed by atoms with Gasteiger partial charge in [-0.05, 0) is 75.9 Å². The highest BCUT2D eigenvalue weighted by Crippen LogP contribution is 2.38. The Hall–Kier alpha value is -3.70. The van der Waals surface area contributed by atoms with Crippen molar-refractivity contribution < 1.29 is 32.6 Å². The van der Waals surface area contributed by atoms with Crippen LogP contribution in [-0.4, -0.2) is 91.9 Å². The highest BCUT2D eigenvalue weighted by atomic mass is 19.3. The van der Waals surface area contributed by atoms with E-state index in [2.05, 4.69) is 9.80 Å². The van der Waals surface area contributed by atoms with Gasteiger partial charge in [-0.1, -0.05) is 6.07 Å². The summed E-state index contributed by atoms with van der Waals surface area (Å²) < 4.78 is 45.3. The molecule has 0 spiro atoms. The second-order valence-electron chi connectivity index (χ2n) is 12.9. The van der Waals surface area contributed by atoms with Crippen LogP contribution in [0.3, 0.4) is 0 Å². The van der Waals surface area contributed by atoms with Crippen molar-refractivity contribution in [1.29, 1.82) is 0 Å². The van der Waals surface area contributed by atoms with Gasteiger partial charge in [-0.2, -0.15) is 0 Å². The molecule has 0 radical (unpaired) electrons. The Morgan fingerprint density at radius 3 is 2.40 bits per heavy atom. The molecule has 244 valence electrons. The summed E-state index contributed by atoms with van der Waals surface area (Å²) in [6, 6.07) is 9.34. The molecule has 3 heterocycles. The number of halogens is 2. The zero-order valence-electron chi connectivity index (χ0n) is 27.1. The number of methoxy groups -OCH3 is 2. The Morgan fingerprint density at radius 1 is 1.02 bits per heavy atom. The number of aromatic nitrogens is 1. The molecule has 0 aliphatic carbocycles. The largest absolute Gasteiger partial charge is 0.496 e. The van der Waals surface area contributed by atoms with E-state index in [4.69, 9.17) is 14.2 Å². The van der Waals surface area contributed by atoms with Crippen LogP contribution in [0.4, 0.5) is 19.3 Å². The van der Waals surface area contributed by atoms with Crippen LogP contribution in [0.5, 0.6) is 5.75 Å². The fourth-order valence-electron chi connectivity index (χ4n) is 6.58. The topological polar surface area (TPSA) is 76.5 Å². The zero-order valence-corrected chi connectivity index (χ0v) is 27.1. The lowest BCUT2D eigenvalue weighted by atomic mass is 9.97. The average Bonchev–Trinajstić information content (AvgIpc) is 3.69. The second-order valence-corrected chi connectivity index (χ2v) is 12.9. The molecule has 11 heteroatoms. The number of carbonyl (C=O) groups is 2. The first-order valence-corrected chi connectivity index (χ1v) is 15.5. The lowest BCUT2D eigenvalue weighted by Gasteiger charge is -2.42. The minimum atomic E-state index is -2.44. The van der Waals surface area contributed by atoms with E-state index in [1.54, 1.807) is 24.3 Å². The van der Waals surface area contributed by atoms with E-state index in [1.807, 2.05) is 52.0 Å². The van der Waals surface area contributed by atoms with Crippen molar-refractivity contribution >= 4 is 28.7 Å². The van der Waals surface area contributed by atoms with Gasteiger partial charge in [-0.25, -0.2) is 18.4 Å². The number of benzene rings is 2. The lowest BCUT2D eigenvalue weighted by molar-refractivity contribution is 0.0245. The summed E-state index contributed by atoms with van der Waals surface area (Å²) in [5, 5.41) is 0.866. The molecular weight excluding hydrogens is 582 g/mol. The molecule has 1 aromatic heterocycles. The van der Waals surface area contributed by atoms with E-state index in [9.17, 15) is 18.4 Å². The van der Waals surface area contributed by atoms with E-state index in [0.717, 1.165) is 59.2 Å². The number of alkyl halides is 2. The van der Waals surface area contributed by atoms with Gasteiger partial charge in [-0.15, -0.1) is 0 Å². The van der Waals surface area contributed by atoms with E-state index in [1.165, 1.54) is 11.7 Å². The first-order valence-electron chi connectivity index (χ1n) is 15.5. The first-order chi connectivity index (χ1) is 21.4. The number of fused-ring (bicyclic) bond motifs is 1. The van der Waals surface area contributed by atoms with Crippen molar-refractivity contribution in [2.75, 3.05) is 58.4 Å². The molecule has 9 nitrogen and oxygen atoms in total. The highest BCUT2D eigenvalue weighted by Gasteiger charge is 2.33. The minimum Gasteiger partial charge on any atom is -0.496 e. The Labute approximate surface area is 263 Å². The smallest absolute Gasteiger partial charge is 0.419 e. The molecule has 0 amide bonds. The molecule has 0 saturated carbocycles. The van der Waals surface area contributed by atoms with Gasteiger partial charge >= 0.3 is 12.1 Å². The van der Waals surface area contributed by atoms with E-state index >= 15 is 0 Å². The predicted molar refractivity (Wildman–Crippen MR) is 170 cm³/mol. The van der Waals surface area contributed by atoms with Crippen molar-refractivity contribution in [2.24, 2.45) is 0 Å². The number of anilines is 1. The quantitative estimate of drug-likeness (QED) is 0.272. The van der Waals surface area contributed by atoms with Crippen LogP contribution < -0.4 is 9.64 Å². The van der Waals surface area contributed by atoms with Gasteiger partial charge in [0, 0.05) is 62.5 Å². The van der Waals surface area contributed by atoms with Gasteiger partial charge in [0.2, 0.25) is 0 Å². The Bertz CT molecular complexity index is 1540. The van der Waals surface area contributed by atoms with Gasteiger partial charge in [0.1, 0.15) is 11.4 Å². The maximum absolute atomic E-state index is 13.6. The van der Waals surface area contributed by atoms with Crippen molar-refractivity contribution in [3.63, 3.8) is 0 Å². The van der Waals surface area contributed by atoms with Crippen molar-refractivity contribution in [3.05, 3.63) is 58.8 Å². The maximum Gasteiger partial charge on any atom is 0.419 e. The number of esters is 1. The highest BCUT2D eigenvalue weighted by molar-refractivity contribution is 5.96.